The number of aliphatic imine (C=N–C) groups is 2. The molecule has 4 nitrogen and oxygen atoms in total. The molecule has 0 bridgehead atoms. The molecule has 0 aromatic heterocycles. The smallest absolute Gasteiger partial charge is 0.873 e. The van der Waals surface area contributed by atoms with Crippen LogP contribution in [0, 0.1) is 0 Å². The summed E-state index contributed by atoms with van der Waals surface area (Å²) in [5.74, 6) is -0.713. The largest absolute Gasteiger partial charge is 2.00 e. The minimum Gasteiger partial charge on any atom is -0.873 e. The van der Waals surface area contributed by atoms with Crippen molar-refractivity contribution in [1.82, 2.24) is 0 Å². The van der Waals surface area contributed by atoms with Gasteiger partial charge >= 0.3 is 16.5 Å². The monoisotopic (exact) mass is 851 g/mol. The fourth-order valence-electron chi connectivity index (χ4n) is 7.54. The van der Waals surface area contributed by atoms with Crippen LogP contribution in [0.2, 0.25) is 0 Å². The van der Waals surface area contributed by atoms with E-state index < -0.39 is 0 Å². The fraction of sp³-hybridized carbons (Fsp3) is 0.630. The van der Waals surface area contributed by atoms with Gasteiger partial charge in [0.1, 0.15) is 0 Å². The number of rotatable bonds is 30. The Labute approximate surface area is 373 Å². The summed E-state index contributed by atoms with van der Waals surface area (Å²) in [7, 11) is 0. The van der Waals surface area contributed by atoms with Crippen LogP contribution in [0.5, 0.6) is 11.5 Å². The van der Waals surface area contributed by atoms with E-state index in [1.165, 1.54) is 149 Å². The predicted molar refractivity (Wildman–Crippen MR) is 252 cm³/mol. The number of para-hydroxylation sites is 1. The number of aryl methyl sites for hydroxylation is 5. The van der Waals surface area contributed by atoms with Gasteiger partial charge in [-0.05, 0) is 136 Å². The standard InChI is InChI=1S/C44H72N2.C10H14O2.Ni/c1-7-13-19-24-30-44(46-42-35-39(27-22-16-10-4)32-40(36-42)28-23-17-11-5)43(29-18-12-6)45-41-33-37(25-20-14-8-2)31-38(34-41)26-21-15-9-3;1-2-3-5-8-6-4-7-9(11)10(8)12;/h31-36H,7-30H2,1-6H3;4,6-7,11-12H,2-3,5H2,1H3;/q;;+2/p-2. The number of benzene rings is 3. The fourth-order valence-corrected chi connectivity index (χ4v) is 7.54. The molecule has 0 spiro atoms. The number of unbranched alkanes of at least 4 members (excludes halogenated alkanes) is 13. The molecule has 0 aliphatic carbocycles. The first kappa shape index (κ1) is 54.1. The predicted octanol–water partition coefficient (Wildman–Crippen LogP) is 15.8. The molecule has 3 rings (SSSR count). The van der Waals surface area contributed by atoms with Gasteiger partial charge in [-0.2, -0.15) is 0 Å². The Morgan fingerprint density at radius 1 is 0.407 bits per heavy atom. The molecule has 0 N–H and O–H groups in total. The van der Waals surface area contributed by atoms with Gasteiger partial charge in [-0.1, -0.05) is 168 Å². The van der Waals surface area contributed by atoms with E-state index in [1.807, 2.05) is 0 Å². The van der Waals surface area contributed by atoms with E-state index in [0.717, 1.165) is 75.6 Å². The van der Waals surface area contributed by atoms with Crippen molar-refractivity contribution in [2.45, 2.75) is 222 Å². The van der Waals surface area contributed by atoms with Gasteiger partial charge in [-0.3, -0.25) is 9.98 Å². The Morgan fingerprint density at radius 2 is 0.780 bits per heavy atom. The average molecular weight is 852 g/mol. The number of hydrogen-bond acceptors (Lipinski definition) is 4. The second-order valence-corrected chi connectivity index (χ2v) is 16.7. The summed E-state index contributed by atoms with van der Waals surface area (Å²) in [4.78, 5) is 11.1. The van der Waals surface area contributed by atoms with Crippen LogP contribution in [0.4, 0.5) is 11.4 Å². The van der Waals surface area contributed by atoms with Gasteiger partial charge in [0.05, 0.1) is 22.8 Å². The summed E-state index contributed by atoms with van der Waals surface area (Å²) in [5, 5.41) is 22.1. The second kappa shape index (κ2) is 34.8. The number of nitrogens with zero attached hydrogens (tertiary/aromatic N) is 2. The van der Waals surface area contributed by atoms with Crippen molar-refractivity contribution < 1.29 is 26.7 Å². The SMILES string of the molecule is CCCCCCC(=Nc1cc(CCCCC)cc(CCCCC)c1)C(CCCC)=Nc1cc(CCCCC)cc(CCCCC)c1.CCCCc1cccc([O-])c1[O-].[Ni+2]. The van der Waals surface area contributed by atoms with E-state index in [9.17, 15) is 10.2 Å². The van der Waals surface area contributed by atoms with Crippen molar-refractivity contribution in [3.05, 3.63) is 82.4 Å². The molecular formula is C54H84N2NiO2. The molecule has 3 aromatic rings. The molecule has 0 heterocycles. The summed E-state index contributed by atoms with van der Waals surface area (Å²) in [6.45, 7) is 15.9. The average Bonchev–Trinajstić information content (AvgIpc) is 3.22. The summed E-state index contributed by atoms with van der Waals surface area (Å²) >= 11 is 0. The van der Waals surface area contributed by atoms with Gasteiger partial charge in [0.2, 0.25) is 0 Å². The van der Waals surface area contributed by atoms with E-state index >= 15 is 0 Å². The first-order valence-electron chi connectivity index (χ1n) is 24.2. The minimum atomic E-state index is -0.386. The van der Waals surface area contributed by atoms with Gasteiger partial charge in [-0.25, -0.2) is 0 Å². The third kappa shape index (κ3) is 23.6. The zero-order valence-electron chi connectivity index (χ0n) is 38.8. The second-order valence-electron chi connectivity index (χ2n) is 16.7. The van der Waals surface area contributed by atoms with E-state index in [2.05, 4.69) is 84.9 Å². The van der Waals surface area contributed by atoms with Crippen molar-refractivity contribution in [1.29, 1.82) is 0 Å². The molecule has 0 unspecified atom stereocenters. The van der Waals surface area contributed by atoms with Gasteiger partial charge in [0.15, 0.2) is 0 Å². The van der Waals surface area contributed by atoms with Crippen molar-refractivity contribution in [2.75, 3.05) is 0 Å². The maximum atomic E-state index is 11.2. The molecule has 0 fully saturated rings. The van der Waals surface area contributed by atoms with Crippen LogP contribution in [0.25, 0.3) is 0 Å². The van der Waals surface area contributed by atoms with Gasteiger partial charge < -0.3 is 10.2 Å². The van der Waals surface area contributed by atoms with Crippen LogP contribution < -0.4 is 10.2 Å². The van der Waals surface area contributed by atoms with E-state index in [1.54, 1.807) is 12.1 Å². The van der Waals surface area contributed by atoms with Crippen molar-refractivity contribution in [2.24, 2.45) is 9.98 Å². The van der Waals surface area contributed by atoms with Gasteiger partial charge in [-0.15, -0.1) is 11.5 Å². The molecular weight excluding hydrogens is 767 g/mol. The van der Waals surface area contributed by atoms with Gasteiger partial charge in [0, 0.05) is 0 Å². The minimum absolute atomic E-state index is 0. The topological polar surface area (TPSA) is 70.8 Å². The van der Waals surface area contributed by atoms with Crippen molar-refractivity contribution >= 4 is 22.8 Å². The van der Waals surface area contributed by atoms with E-state index in [-0.39, 0.29) is 28.0 Å². The molecule has 59 heavy (non-hydrogen) atoms. The molecule has 0 aliphatic rings. The first-order valence-corrected chi connectivity index (χ1v) is 24.2. The third-order valence-electron chi connectivity index (χ3n) is 11.1. The quantitative estimate of drug-likeness (QED) is 0.0381. The van der Waals surface area contributed by atoms with Crippen LogP contribution in [0.3, 0.4) is 0 Å². The van der Waals surface area contributed by atoms with Crippen LogP contribution in [0.15, 0.2) is 64.6 Å². The Bertz CT molecular complexity index is 1520. The number of hydrogen-bond donors (Lipinski definition) is 0. The molecule has 0 aliphatic heterocycles. The summed E-state index contributed by atoms with van der Waals surface area (Å²) in [6.07, 6.45) is 32.1. The Balaban J connectivity index is 0.00000114. The van der Waals surface area contributed by atoms with E-state index in [0.29, 0.717) is 5.56 Å². The maximum absolute atomic E-state index is 11.2. The van der Waals surface area contributed by atoms with E-state index in [4.69, 9.17) is 9.98 Å². The molecule has 5 heteroatoms. The Kier molecular flexibility index (Phi) is 31.9. The Hall–Kier alpha value is -2.91. The maximum Gasteiger partial charge on any atom is 2.00 e. The molecule has 3 aromatic carbocycles. The van der Waals surface area contributed by atoms with Gasteiger partial charge in [0.25, 0.3) is 0 Å². The Morgan fingerprint density at radius 3 is 1.17 bits per heavy atom. The third-order valence-corrected chi connectivity index (χ3v) is 11.1. The molecule has 0 atom stereocenters. The van der Waals surface area contributed by atoms with Crippen molar-refractivity contribution in [3.8, 4) is 11.5 Å². The first-order chi connectivity index (χ1) is 28.3. The van der Waals surface area contributed by atoms with Crippen molar-refractivity contribution in [3.63, 3.8) is 0 Å². The molecule has 332 valence electrons. The molecule has 0 saturated carbocycles. The molecule has 0 amide bonds. The van der Waals surface area contributed by atoms with Crippen LogP contribution in [-0.2, 0) is 48.6 Å². The van der Waals surface area contributed by atoms with Crippen LogP contribution in [-0.4, -0.2) is 11.4 Å². The summed E-state index contributed by atoms with van der Waals surface area (Å²) in [5.41, 5.74) is 11.3. The normalized spacial score (nSPS) is 11.6. The molecule has 0 radical (unpaired) electrons. The van der Waals surface area contributed by atoms with Crippen LogP contribution >= 0.6 is 0 Å². The molecule has 0 saturated heterocycles. The zero-order chi connectivity index (χ0) is 42.2. The van der Waals surface area contributed by atoms with Crippen LogP contribution in [0.1, 0.15) is 218 Å². The summed E-state index contributed by atoms with van der Waals surface area (Å²) in [6, 6.07) is 19.2. The zero-order valence-corrected chi connectivity index (χ0v) is 39.8. The summed E-state index contributed by atoms with van der Waals surface area (Å²) < 4.78 is 0.